The number of para-hydroxylation sites is 1. The van der Waals surface area contributed by atoms with Crippen molar-refractivity contribution in [1.29, 1.82) is 0 Å². The molecule has 2 heterocycles. The van der Waals surface area contributed by atoms with Crippen LogP contribution in [0.1, 0.15) is 28.3 Å². The Bertz CT molecular complexity index is 535. The van der Waals surface area contributed by atoms with Crippen LogP contribution < -0.4 is 10.1 Å². The van der Waals surface area contributed by atoms with Gasteiger partial charge in [-0.1, -0.05) is 25.1 Å². The Morgan fingerprint density at radius 3 is 2.89 bits per heavy atom. The molecule has 0 amide bonds. The van der Waals surface area contributed by atoms with Crippen LogP contribution in [0.25, 0.3) is 0 Å². The first kappa shape index (κ1) is 11.8. The van der Waals surface area contributed by atoms with Crippen molar-refractivity contribution in [3.63, 3.8) is 0 Å². The fourth-order valence-corrected chi connectivity index (χ4v) is 3.17. The molecule has 1 aliphatic heterocycles. The fraction of sp³-hybridized carbons (Fsp3) is 0.333. The number of benzene rings is 1. The van der Waals surface area contributed by atoms with E-state index in [9.17, 15) is 0 Å². The van der Waals surface area contributed by atoms with Crippen LogP contribution >= 0.6 is 11.3 Å². The van der Waals surface area contributed by atoms with Crippen LogP contribution in [0.5, 0.6) is 5.75 Å². The van der Waals surface area contributed by atoms with E-state index in [4.69, 9.17) is 4.74 Å². The van der Waals surface area contributed by atoms with E-state index in [1.165, 1.54) is 15.3 Å². The van der Waals surface area contributed by atoms with Gasteiger partial charge in [0.15, 0.2) is 0 Å². The maximum atomic E-state index is 5.67. The third kappa shape index (κ3) is 2.28. The third-order valence-corrected chi connectivity index (χ3v) is 4.52. The summed E-state index contributed by atoms with van der Waals surface area (Å²) in [6, 6.07) is 13.0. The van der Waals surface area contributed by atoms with Crippen LogP contribution in [0, 0.1) is 0 Å². The molecule has 1 N–H and O–H groups in total. The molecule has 94 valence electrons. The van der Waals surface area contributed by atoms with Gasteiger partial charge in [0.05, 0.1) is 6.04 Å². The zero-order valence-electron chi connectivity index (χ0n) is 10.5. The van der Waals surface area contributed by atoms with Gasteiger partial charge < -0.3 is 10.1 Å². The number of thiophene rings is 1. The summed E-state index contributed by atoms with van der Waals surface area (Å²) in [4.78, 5) is 2.85. The molecule has 0 radical (unpaired) electrons. The van der Waals surface area contributed by atoms with Gasteiger partial charge in [-0.3, -0.25) is 0 Å². The molecule has 3 rings (SSSR count). The van der Waals surface area contributed by atoms with E-state index in [0.717, 1.165) is 25.3 Å². The molecule has 2 aromatic rings. The van der Waals surface area contributed by atoms with Crippen LogP contribution in [-0.2, 0) is 13.0 Å². The summed E-state index contributed by atoms with van der Waals surface area (Å²) in [6.07, 6.45) is 1.13. The van der Waals surface area contributed by atoms with Crippen molar-refractivity contribution in [2.75, 3.05) is 6.61 Å². The lowest BCUT2D eigenvalue weighted by Gasteiger charge is -2.10. The molecular weight excluding hydrogens is 242 g/mol. The number of hydrogen-bond acceptors (Lipinski definition) is 3. The first-order valence-electron chi connectivity index (χ1n) is 6.39. The minimum absolute atomic E-state index is 0.327. The molecule has 1 aliphatic rings. The summed E-state index contributed by atoms with van der Waals surface area (Å²) in [7, 11) is 0. The molecule has 0 bridgehead atoms. The number of ether oxygens (including phenoxy) is 1. The summed E-state index contributed by atoms with van der Waals surface area (Å²) in [5.41, 5.74) is 1.28. The number of hydrogen-bond donors (Lipinski definition) is 1. The molecule has 0 saturated carbocycles. The van der Waals surface area contributed by atoms with Crippen molar-refractivity contribution < 1.29 is 4.74 Å². The predicted octanol–water partition coefficient (Wildman–Crippen LogP) is 3.53. The quantitative estimate of drug-likeness (QED) is 0.907. The van der Waals surface area contributed by atoms with E-state index in [0.29, 0.717) is 6.04 Å². The zero-order valence-corrected chi connectivity index (χ0v) is 11.3. The minimum atomic E-state index is 0.327. The van der Waals surface area contributed by atoms with E-state index in [1.807, 2.05) is 23.5 Å². The van der Waals surface area contributed by atoms with E-state index < -0.39 is 0 Å². The second-order valence-electron chi connectivity index (χ2n) is 4.50. The van der Waals surface area contributed by atoms with Gasteiger partial charge >= 0.3 is 0 Å². The Labute approximate surface area is 112 Å². The first-order chi connectivity index (χ1) is 8.86. The fourth-order valence-electron chi connectivity index (χ4n) is 2.26. The van der Waals surface area contributed by atoms with Gasteiger partial charge in [0, 0.05) is 21.9 Å². The van der Waals surface area contributed by atoms with Crippen molar-refractivity contribution in [2.24, 2.45) is 0 Å². The standard InChI is InChI=1S/C15H17NOS/c1-2-11-7-8-12(18-11)9-16-14-10-17-15-6-4-3-5-13(14)15/h3-8,14,16H,2,9-10H2,1H3. The second-order valence-corrected chi connectivity index (χ2v) is 5.76. The van der Waals surface area contributed by atoms with Crippen molar-refractivity contribution in [3.05, 3.63) is 51.7 Å². The van der Waals surface area contributed by atoms with Gasteiger partial charge in [0.25, 0.3) is 0 Å². The lowest BCUT2D eigenvalue weighted by Crippen LogP contribution is -2.21. The van der Waals surface area contributed by atoms with E-state index in [1.54, 1.807) is 0 Å². The van der Waals surface area contributed by atoms with Crippen LogP contribution in [-0.4, -0.2) is 6.61 Å². The number of fused-ring (bicyclic) bond motifs is 1. The topological polar surface area (TPSA) is 21.3 Å². The van der Waals surface area contributed by atoms with Crippen LogP contribution in [0.3, 0.4) is 0 Å². The van der Waals surface area contributed by atoms with Gasteiger partial charge in [-0.2, -0.15) is 0 Å². The van der Waals surface area contributed by atoms with E-state index >= 15 is 0 Å². The summed E-state index contributed by atoms with van der Waals surface area (Å²) in [5.74, 6) is 1.02. The number of aryl methyl sites for hydroxylation is 1. The lowest BCUT2D eigenvalue weighted by atomic mass is 10.1. The Morgan fingerprint density at radius 2 is 2.06 bits per heavy atom. The molecule has 1 aromatic heterocycles. The molecule has 0 saturated heterocycles. The van der Waals surface area contributed by atoms with Crippen molar-refractivity contribution in [3.8, 4) is 5.75 Å². The first-order valence-corrected chi connectivity index (χ1v) is 7.21. The highest BCUT2D eigenvalue weighted by atomic mass is 32.1. The van der Waals surface area contributed by atoms with Gasteiger partial charge in [-0.15, -0.1) is 11.3 Å². The summed E-state index contributed by atoms with van der Waals surface area (Å²) < 4.78 is 5.67. The average molecular weight is 259 g/mol. The van der Waals surface area contributed by atoms with Gasteiger partial charge in [-0.05, 0) is 24.6 Å². The highest BCUT2D eigenvalue weighted by Gasteiger charge is 2.22. The van der Waals surface area contributed by atoms with E-state index in [-0.39, 0.29) is 0 Å². The van der Waals surface area contributed by atoms with Crippen molar-refractivity contribution in [1.82, 2.24) is 5.32 Å². The summed E-state index contributed by atoms with van der Waals surface area (Å²) >= 11 is 1.89. The van der Waals surface area contributed by atoms with Crippen LogP contribution in [0.2, 0.25) is 0 Å². The molecule has 1 atom stereocenters. The molecule has 2 nitrogen and oxygen atoms in total. The highest BCUT2D eigenvalue weighted by Crippen LogP contribution is 2.32. The smallest absolute Gasteiger partial charge is 0.124 e. The largest absolute Gasteiger partial charge is 0.491 e. The molecule has 3 heteroatoms. The highest BCUT2D eigenvalue weighted by molar-refractivity contribution is 7.11. The Kier molecular flexibility index (Phi) is 3.35. The Hall–Kier alpha value is -1.32. The number of rotatable bonds is 4. The van der Waals surface area contributed by atoms with Crippen molar-refractivity contribution >= 4 is 11.3 Å². The summed E-state index contributed by atoms with van der Waals surface area (Å²) in [6.45, 7) is 3.86. The maximum Gasteiger partial charge on any atom is 0.124 e. The normalized spacial score (nSPS) is 17.5. The lowest BCUT2D eigenvalue weighted by molar-refractivity contribution is 0.311. The number of nitrogens with one attached hydrogen (secondary N) is 1. The second kappa shape index (κ2) is 5.12. The molecule has 18 heavy (non-hydrogen) atoms. The summed E-state index contributed by atoms with van der Waals surface area (Å²) in [5, 5.41) is 3.58. The Balaban J connectivity index is 1.65. The van der Waals surface area contributed by atoms with Crippen LogP contribution in [0.4, 0.5) is 0 Å². The maximum absolute atomic E-state index is 5.67. The molecule has 1 aromatic carbocycles. The SMILES string of the molecule is CCc1ccc(CNC2COc3ccccc32)s1. The molecular formula is C15H17NOS. The van der Waals surface area contributed by atoms with Crippen molar-refractivity contribution in [2.45, 2.75) is 25.9 Å². The van der Waals surface area contributed by atoms with E-state index in [2.05, 4.69) is 36.5 Å². The molecule has 0 aliphatic carbocycles. The molecule has 1 unspecified atom stereocenters. The predicted molar refractivity (Wildman–Crippen MR) is 75.2 cm³/mol. The third-order valence-electron chi connectivity index (χ3n) is 3.29. The van der Waals surface area contributed by atoms with Crippen LogP contribution in [0.15, 0.2) is 36.4 Å². The van der Waals surface area contributed by atoms with Gasteiger partial charge in [0.1, 0.15) is 12.4 Å². The zero-order chi connectivity index (χ0) is 12.4. The van der Waals surface area contributed by atoms with Gasteiger partial charge in [-0.25, -0.2) is 0 Å². The Morgan fingerprint density at radius 1 is 1.22 bits per heavy atom. The minimum Gasteiger partial charge on any atom is -0.491 e. The average Bonchev–Trinajstić information content (AvgIpc) is 3.03. The molecule has 0 fully saturated rings. The monoisotopic (exact) mass is 259 g/mol. The van der Waals surface area contributed by atoms with Gasteiger partial charge in [0.2, 0.25) is 0 Å². The molecule has 0 spiro atoms.